The molecular weight excluding hydrogens is 394 g/mol. The van der Waals surface area contributed by atoms with Crippen molar-refractivity contribution in [1.82, 2.24) is 19.9 Å². The molecule has 0 unspecified atom stereocenters. The Balaban J connectivity index is 1.20. The number of carbonyl (C=O) groups excluding carboxylic acids is 2. The van der Waals surface area contributed by atoms with Gasteiger partial charge in [0.1, 0.15) is 0 Å². The quantitative estimate of drug-likeness (QED) is 0.752. The lowest BCUT2D eigenvalue weighted by molar-refractivity contribution is -0.134. The summed E-state index contributed by atoms with van der Waals surface area (Å²) in [5.41, 5.74) is 2.03. The van der Waals surface area contributed by atoms with Crippen LogP contribution in [0.1, 0.15) is 43.3 Å². The van der Waals surface area contributed by atoms with Gasteiger partial charge < -0.3 is 19.2 Å². The summed E-state index contributed by atoms with van der Waals surface area (Å²) in [4.78, 5) is 35.3. The lowest BCUT2D eigenvalue weighted by Crippen LogP contribution is -2.51. The van der Waals surface area contributed by atoms with Crippen molar-refractivity contribution < 1.29 is 14.1 Å². The van der Waals surface area contributed by atoms with Crippen molar-refractivity contribution in [3.05, 3.63) is 30.2 Å². The van der Waals surface area contributed by atoms with E-state index in [1.54, 1.807) is 4.90 Å². The Morgan fingerprint density at radius 1 is 0.903 bits per heavy atom. The van der Waals surface area contributed by atoms with Gasteiger partial charge in [-0.1, -0.05) is 12.1 Å². The maximum Gasteiger partial charge on any atom is 0.316 e. The van der Waals surface area contributed by atoms with Gasteiger partial charge in [-0.2, -0.15) is 4.98 Å². The smallest absolute Gasteiger partial charge is 0.316 e. The van der Waals surface area contributed by atoms with E-state index in [0.29, 0.717) is 32.0 Å². The predicted molar refractivity (Wildman–Crippen MR) is 116 cm³/mol. The number of carbonyl (C=O) groups is 2. The summed E-state index contributed by atoms with van der Waals surface area (Å²) in [6.45, 7) is 6.61. The van der Waals surface area contributed by atoms with Gasteiger partial charge in [0.2, 0.25) is 11.7 Å². The number of hydrogen-bond donors (Lipinski definition) is 0. The van der Waals surface area contributed by atoms with Crippen LogP contribution in [0.15, 0.2) is 28.8 Å². The summed E-state index contributed by atoms with van der Waals surface area (Å²) < 4.78 is 5.27. The molecule has 1 aromatic carbocycles. The van der Waals surface area contributed by atoms with Gasteiger partial charge in [-0.15, -0.1) is 0 Å². The van der Waals surface area contributed by atoms with Crippen LogP contribution < -0.4 is 4.90 Å². The van der Waals surface area contributed by atoms with Crippen LogP contribution in [0.25, 0.3) is 11.4 Å². The van der Waals surface area contributed by atoms with E-state index in [0.717, 1.165) is 37.4 Å². The molecule has 31 heavy (non-hydrogen) atoms. The minimum absolute atomic E-state index is 0.00561. The van der Waals surface area contributed by atoms with Gasteiger partial charge in [0.05, 0.1) is 0 Å². The second-order valence-corrected chi connectivity index (χ2v) is 9.03. The van der Waals surface area contributed by atoms with Crippen LogP contribution in [0, 0.1) is 11.8 Å². The Morgan fingerprint density at radius 3 is 2.19 bits per heavy atom. The van der Waals surface area contributed by atoms with Crippen molar-refractivity contribution in [3.63, 3.8) is 0 Å². The minimum Gasteiger partial charge on any atom is -0.372 e. The molecule has 2 saturated heterocycles. The number of nitrogens with zero attached hydrogens (tertiary/aromatic N) is 5. The summed E-state index contributed by atoms with van der Waals surface area (Å²) in [7, 11) is 0. The zero-order chi connectivity index (χ0) is 21.4. The van der Waals surface area contributed by atoms with E-state index < -0.39 is 0 Å². The fourth-order valence-electron chi connectivity index (χ4n) is 4.37. The minimum atomic E-state index is -0.267. The van der Waals surface area contributed by atoms with Crippen molar-refractivity contribution in [2.45, 2.75) is 32.6 Å². The van der Waals surface area contributed by atoms with Crippen LogP contribution in [0.3, 0.4) is 0 Å². The monoisotopic (exact) mass is 423 g/mol. The first-order valence-electron chi connectivity index (χ1n) is 11.4. The van der Waals surface area contributed by atoms with Gasteiger partial charge in [0.15, 0.2) is 0 Å². The molecule has 2 aromatic rings. The topological polar surface area (TPSA) is 82.8 Å². The molecule has 3 heterocycles. The Hall–Kier alpha value is -2.90. The summed E-state index contributed by atoms with van der Waals surface area (Å²) in [6.07, 6.45) is 4.45. The number of rotatable bonds is 4. The van der Waals surface area contributed by atoms with E-state index in [9.17, 15) is 9.59 Å². The van der Waals surface area contributed by atoms with E-state index in [2.05, 4.69) is 34.1 Å². The van der Waals surface area contributed by atoms with E-state index in [1.807, 2.05) is 17.0 Å². The highest BCUT2D eigenvalue weighted by Gasteiger charge is 2.35. The summed E-state index contributed by atoms with van der Waals surface area (Å²) in [5.74, 6) is 1.40. The maximum absolute atomic E-state index is 12.8. The molecule has 0 radical (unpaired) electrons. The van der Waals surface area contributed by atoms with Crippen LogP contribution >= 0.6 is 0 Å². The number of amides is 2. The largest absolute Gasteiger partial charge is 0.372 e. The molecular formula is C23H29N5O3. The molecule has 2 aliphatic heterocycles. The molecule has 0 N–H and O–H groups in total. The fourth-order valence-corrected chi connectivity index (χ4v) is 4.37. The molecule has 5 rings (SSSR count). The number of anilines is 1. The van der Waals surface area contributed by atoms with Gasteiger partial charge in [-0.25, -0.2) is 0 Å². The number of piperazine rings is 1. The second kappa shape index (κ2) is 8.32. The van der Waals surface area contributed by atoms with Crippen molar-refractivity contribution >= 4 is 17.5 Å². The van der Waals surface area contributed by atoms with Crippen LogP contribution in [0.5, 0.6) is 0 Å². The van der Waals surface area contributed by atoms with E-state index >= 15 is 0 Å². The average molecular weight is 424 g/mol. The number of benzene rings is 1. The average Bonchev–Trinajstić information content (AvgIpc) is 3.55. The van der Waals surface area contributed by atoms with Gasteiger partial charge in [0, 0.05) is 56.4 Å². The molecule has 3 fully saturated rings. The third kappa shape index (κ3) is 4.29. The Bertz CT molecular complexity index is 936. The molecule has 8 heteroatoms. The highest BCUT2D eigenvalue weighted by Crippen LogP contribution is 2.31. The van der Waals surface area contributed by atoms with E-state index in [1.165, 1.54) is 18.5 Å². The van der Waals surface area contributed by atoms with Crippen LogP contribution in [0.4, 0.5) is 5.69 Å². The molecule has 164 valence electrons. The third-order valence-corrected chi connectivity index (χ3v) is 6.69. The van der Waals surface area contributed by atoms with Gasteiger partial charge >= 0.3 is 11.8 Å². The molecule has 0 atom stereocenters. The van der Waals surface area contributed by atoms with Crippen molar-refractivity contribution in [2.75, 3.05) is 44.2 Å². The lowest BCUT2D eigenvalue weighted by Gasteiger charge is -2.34. The summed E-state index contributed by atoms with van der Waals surface area (Å²) >= 11 is 0. The zero-order valence-electron chi connectivity index (χ0n) is 18.0. The molecule has 1 aromatic heterocycles. The first-order valence-corrected chi connectivity index (χ1v) is 11.4. The molecule has 0 spiro atoms. The molecule has 1 aliphatic carbocycles. The fraction of sp³-hybridized carbons (Fsp3) is 0.565. The van der Waals surface area contributed by atoms with Crippen LogP contribution in [-0.4, -0.2) is 71.0 Å². The standard InChI is InChI=1S/C23H29N5O3/c1-16-8-10-26(11-9-16)19-6-4-17(5-7-19)20-24-21(31-25-20)23(30)28-14-12-27(13-15-28)22(29)18-2-3-18/h4-7,16,18H,2-3,8-15H2,1H3. The Kier molecular flexibility index (Phi) is 5.38. The second-order valence-electron chi connectivity index (χ2n) is 9.03. The Morgan fingerprint density at radius 2 is 1.55 bits per heavy atom. The zero-order valence-corrected chi connectivity index (χ0v) is 18.0. The SMILES string of the molecule is CC1CCN(c2ccc(-c3noc(C(=O)N4CCN(C(=O)C5CC5)CC4)n3)cc2)CC1. The lowest BCUT2D eigenvalue weighted by atomic mass is 9.98. The number of piperidine rings is 1. The van der Waals surface area contributed by atoms with Crippen molar-refractivity contribution in [2.24, 2.45) is 11.8 Å². The number of hydrogen-bond acceptors (Lipinski definition) is 6. The Labute approximate surface area is 182 Å². The molecule has 2 amide bonds. The van der Waals surface area contributed by atoms with Crippen LogP contribution in [0.2, 0.25) is 0 Å². The molecule has 3 aliphatic rings. The van der Waals surface area contributed by atoms with E-state index in [-0.39, 0.29) is 23.6 Å². The van der Waals surface area contributed by atoms with Gasteiger partial charge in [-0.05, 0) is 55.9 Å². The third-order valence-electron chi connectivity index (χ3n) is 6.69. The van der Waals surface area contributed by atoms with Crippen LogP contribution in [-0.2, 0) is 4.79 Å². The number of aromatic nitrogens is 2. The maximum atomic E-state index is 12.8. The molecule has 8 nitrogen and oxygen atoms in total. The van der Waals surface area contributed by atoms with Gasteiger partial charge in [0.25, 0.3) is 0 Å². The van der Waals surface area contributed by atoms with Gasteiger partial charge in [-0.3, -0.25) is 9.59 Å². The normalized spacial score (nSPS) is 20.2. The highest BCUT2D eigenvalue weighted by molar-refractivity contribution is 5.90. The predicted octanol–water partition coefficient (Wildman–Crippen LogP) is 2.67. The molecule has 1 saturated carbocycles. The molecule has 0 bridgehead atoms. The van der Waals surface area contributed by atoms with E-state index in [4.69, 9.17) is 4.52 Å². The first kappa shape index (κ1) is 20.0. The van der Waals surface area contributed by atoms with Crippen molar-refractivity contribution in [3.8, 4) is 11.4 Å². The highest BCUT2D eigenvalue weighted by atomic mass is 16.5. The summed E-state index contributed by atoms with van der Waals surface area (Å²) in [6, 6.07) is 8.13. The van der Waals surface area contributed by atoms with Crippen molar-refractivity contribution in [1.29, 1.82) is 0 Å². The first-order chi connectivity index (χ1) is 15.1. The summed E-state index contributed by atoms with van der Waals surface area (Å²) in [5, 5.41) is 4.02.